The van der Waals surface area contributed by atoms with Crippen LogP contribution in [0.1, 0.15) is 19.8 Å². The van der Waals surface area contributed by atoms with Gasteiger partial charge in [0.1, 0.15) is 5.82 Å². The lowest BCUT2D eigenvalue weighted by Gasteiger charge is -2.31. The van der Waals surface area contributed by atoms with Crippen molar-refractivity contribution in [1.82, 2.24) is 14.6 Å². The third kappa shape index (κ3) is 3.01. The second-order valence-corrected chi connectivity index (χ2v) is 6.82. The number of imidazole rings is 1. The highest BCUT2D eigenvalue weighted by atomic mass is 32.1. The first-order valence-electron chi connectivity index (χ1n) is 8.21. The van der Waals surface area contributed by atoms with Crippen LogP contribution < -0.4 is 4.90 Å². The molecule has 0 atom stereocenters. The Morgan fingerprint density at radius 3 is 2.67 bits per heavy atom. The SMILES string of the molecule is CCOC1CCN(c2nn3cc(-c4ccc(F)cc4)nc3s2)CC1. The van der Waals surface area contributed by atoms with Gasteiger partial charge in [-0.05, 0) is 44.0 Å². The van der Waals surface area contributed by atoms with E-state index in [0.717, 1.165) is 53.9 Å². The van der Waals surface area contributed by atoms with E-state index in [-0.39, 0.29) is 5.82 Å². The van der Waals surface area contributed by atoms with Gasteiger partial charge in [-0.2, -0.15) is 0 Å². The molecule has 1 saturated heterocycles. The Bertz CT molecular complexity index is 789. The van der Waals surface area contributed by atoms with Gasteiger partial charge < -0.3 is 9.64 Å². The fraction of sp³-hybridized carbons (Fsp3) is 0.412. The monoisotopic (exact) mass is 346 g/mol. The first-order chi connectivity index (χ1) is 11.7. The van der Waals surface area contributed by atoms with Crippen LogP contribution >= 0.6 is 11.3 Å². The molecular formula is C17H19FN4OS. The van der Waals surface area contributed by atoms with Gasteiger partial charge in [0, 0.05) is 25.3 Å². The number of halogens is 1. The summed E-state index contributed by atoms with van der Waals surface area (Å²) in [6, 6.07) is 6.37. The molecule has 2 aromatic heterocycles. The zero-order valence-electron chi connectivity index (χ0n) is 13.5. The molecule has 1 aliphatic rings. The molecule has 5 nitrogen and oxygen atoms in total. The summed E-state index contributed by atoms with van der Waals surface area (Å²) in [5, 5.41) is 5.65. The van der Waals surface area contributed by atoms with Gasteiger partial charge >= 0.3 is 0 Å². The quantitative estimate of drug-likeness (QED) is 0.724. The summed E-state index contributed by atoms with van der Waals surface area (Å²) in [6.07, 6.45) is 4.35. The van der Waals surface area contributed by atoms with Crippen molar-refractivity contribution >= 4 is 21.4 Å². The Balaban J connectivity index is 1.51. The highest BCUT2D eigenvalue weighted by molar-refractivity contribution is 7.20. The Morgan fingerprint density at radius 2 is 2.00 bits per heavy atom. The number of hydrogen-bond donors (Lipinski definition) is 0. The van der Waals surface area contributed by atoms with Crippen LogP contribution in [0.2, 0.25) is 0 Å². The average molecular weight is 346 g/mol. The van der Waals surface area contributed by atoms with E-state index in [1.54, 1.807) is 23.5 Å². The molecule has 0 aliphatic carbocycles. The Labute approximate surface area is 143 Å². The van der Waals surface area contributed by atoms with E-state index in [9.17, 15) is 4.39 Å². The molecule has 1 aromatic carbocycles. The van der Waals surface area contributed by atoms with Crippen LogP contribution in [-0.2, 0) is 4.74 Å². The van der Waals surface area contributed by atoms with E-state index in [1.807, 2.05) is 17.6 Å². The van der Waals surface area contributed by atoms with Crippen molar-refractivity contribution < 1.29 is 9.13 Å². The van der Waals surface area contributed by atoms with Crippen LogP contribution in [0.25, 0.3) is 16.2 Å². The summed E-state index contributed by atoms with van der Waals surface area (Å²) in [6.45, 7) is 4.75. The van der Waals surface area contributed by atoms with E-state index < -0.39 is 0 Å². The highest BCUT2D eigenvalue weighted by Gasteiger charge is 2.22. The van der Waals surface area contributed by atoms with E-state index >= 15 is 0 Å². The maximum absolute atomic E-state index is 13.0. The van der Waals surface area contributed by atoms with Gasteiger partial charge in [-0.1, -0.05) is 11.3 Å². The Kier molecular flexibility index (Phi) is 4.20. The lowest BCUT2D eigenvalue weighted by atomic mass is 10.1. The number of fused-ring (bicyclic) bond motifs is 1. The van der Waals surface area contributed by atoms with Gasteiger partial charge in [0.2, 0.25) is 10.1 Å². The first kappa shape index (κ1) is 15.5. The molecule has 7 heteroatoms. The van der Waals surface area contributed by atoms with Gasteiger partial charge in [0.05, 0.1) is 18.0 Å². The third-order valence-corrected chi connectivity index (χ3v) is 5.27. The summed E-state index contributed by atoms with van der Waals surface area (Å²) in [5.41, 5.74) is 1.71. The maximum atomic E-state index is 13.0. The molecule has 0 N–H and O–H groups in total. The zero-order chi connectivity index (χ0) is 16.5. The molecule has 126 valence electrons. The number of ether oxygens (including phenoxy) is 1. The minimum atomic E-state index is -0.240. The van der Waals surface area contributed by atoms with Crippen molar-refractivity contribution in [2.24, 2.45) is 0 Å². The van der Waals surface area contributed by atoms with E-state index in [2.05, 4.69) is 15.0 Å². The molecule has 4 rings (SSSR count). The molecule has 24 heavy (non-hydrogen) atoms. The van der Waals surface area contributed by atoms with Gasteiger partial charge in [0.25, 0.3) is 0 Å². The van der Waals surface area contributed by atoms with Crippen LogP contribution in [0.15, 0.2) is 30.5 Å². The van der Waals surface area contributed by atoms with Gasteiger partial charge in [-0.15, -0.1) is 5.10 Å². The van der Waals surface area contributed by atoms with Crippen molar-refractivity contribution in [3.05, 3.63) is 36.3 Å². The number of piperidine rings is 1. The lowest BCUT2D eigenvalue weighted by Crippen LogP contribution is -2.37. The summed E-state index contributed by atoms with van der Waals surface area (Å²) in [7, 11) is 0. The predicted molar refractivity (Wildman–Crippen MR) is 93.1 cm³/mol. The standard InChI is InChI=1S/C17H19FN4OS/c1-2-23-14-7-9-21(10-8-14)17-20-22-11-15(19-16(22)24-17)12-3-5-13(18)6-4-12/h3-6,11,14H,2,7-10H2,1H3. The fourth-order valence-corrected chi connectivity index (χ4v) is 3.96. The Morgan fingerprint density at radius 1 is 1.25 bits per heavy atom. The topological polar surface area (TPSA) is 42.7 Å². The lowest BCUT2D eigenvalue weighted by molar-refractivity contribution is 0.0459. The molecule has 3 heterocycles. The number of anilines is 1. The molecule has 3 aromatic rings. The second kappa shape index (κ2) is 6.49. The van der Waals surface area contributed by atoms with Gasteiger partial charge in [-0.3, -0.25) is 0 Å². The van der Waals surface area contributed by atoms with Crippen molar-refractivity contribution in [3.63, 3.8) is 0 Å². The Hall–Kier alpha value is -1.99. The molecule has 1 aliphatic heterocycles. The summed E-state index contributed by atoms with van der Waals surface area (Å²) in [4.78, 5) is 7.77. The molecule has 0 amide bonds. The van der Waals surface area contributed by atoms with Crippen molar-refractivity contribution in [2.75, 3.05) is 24.6 Å². The summed E-state index contributed by atoms with van der Waals surface area (Å²) >= 11 is 1.59. The van der Waals surface area contributed by atoms with Crippen LogP contribution in [-0.4, -0.2) is 40.4 Å². The van der Waals surface area contributed by atoms with Crippen LogP contribution in [0, 0.1) is 5.82 Å². The number of benzene rings is 1. The summed E-state index contributed by atoms with van der Waals surface area (Å²) in [5.74, 6) is -0.240. The molecule has 0 bridgehead atoms. The van der Waals surface area contributed by atoms with E-state index in [0.29, 0.717) is 6.10 Å². The third-order valence-electron chi connectivity index (χ3n) is 4.29. The van der Waals surface area contributed by atoms with Gasteiger partial charge in [0.15, 0.2) is 0 Å². The summed E-state index contributed by atoms with van der Waals surface area (Å²) < 4.78 is 20.5. The van der Waals surface area contributed by atoms with Gasteiger partial charge in [-0.25, -0.2) is 13.9 Å². The molecule has 1 fully saturated rings. The smallest absolute Gasteiger partial charge is 0.214 e. The van der Waals surface area contributed by atoms with Crippen molar-refractivity contribution in [2.45, 2.75) is 25.9 Å². The fourth-order valence-electron chi connectivity index (χ4n) is 3.03. The normalized spacial score (nSPS) is 16.2. The minimum absolute atomic E-state index is 0.240. The number of rotatable bonds is 4. The van der Waals surface area contributed by atoms with E-state index in [1.165, 1.54) is 12.1 Å². The minimum Gasteiger partial charge on any atom is -0.378 e. The molecule has 0 saturated carbocycles. The maximum Gasteiger partial charge on any atom is 0.214 e. The van der Waals surface area contributed by atoms with Crippen LogP contribution in [0.3, 0.4) is 0 Å². The molecule has 0 spiro atoms. The second-order valence-electron chi connectivity index (χ2n) is 5.89. The molecule has 0 unspecified atom stereocenters. The number of hydrogen-bond acceptors (Lipinski definition) is 5. The number of nitrogens with zero attached hydrogens (tertiary/aromatic N) is 4. The molecule has 0 radical (unpaired) electrons. The zero-order valence-corrected chi connectivity index (χ0v) is 14.3. The van der Waals surface area contributed by atoms with E-state index in [4.69, 9.17) is 4.74 Å². The number of aromatic nitrogens is 3. The highest BCUT2D eigenvalue weighted by Crippen LogP contribution is 2.29. The largest absolute Gasteiger partial charge is 0.378 e. The predicted octanol–water partition coefficient (Wildman–Crippen LogP) is 3.60. The van der Waals surface area contributed by atoms with Crippen molar-refractivity contribution in [3.8, 4) is 11.3 Å². The molecular weight excluding hydrogens is 327 g/mol. The van der Waals surface area contributed by atoms with Crippen LogP contribution in [0.5, 0.6) is 0 Å². The van der Waals surface area contributed by atoms with Crippen molar-refractivity contribution in [1.29, 1.82) is 0 Å². The average Bonchev–Trinajstić information content (AvgIpc) is 3.15. The first-order valence-corrected chi connectivity index (χ1v) is 9.03. The van der Waals surface area contributed by atoms with Crippen LogP contribution in [0.4, 0.5) is 9.52 Å².